The fourth-order valence-electron chi connectivity index (χ4n) is 5.50. The average Bonchev–Trinajstić information content (AvgIpc) is 3.47. The van der Waals surface area contributed by atoms with Crippen LogP contribution in [0.2, 0.25) is 0 Å². The largest absolute Gasteiger partial charge is 0.479 e. The molecule has 0 saturated heterocycles. The van der Waals surface area contributed by atoms with E-state index in [-0.39, 0.29) is 12.4 Å². The van der Waals surface area contributed by atoms with Crippen molar-refractivity contribution in [2.24, 2.45) is 0 Å². The van der Waals surface area contributed by atoms with E-state index >= 15 is 4.39 Å². The van der Waals surface area contributed by atoms with Gasteiger partial charge >= 0.3 is 5.97 Å². The lowest BCUT2D eigenvalue weighted by molar-refractivity contribution is -0.163. The van der Waals surface area contributed by atoms with E-state index in [4.69, 9.17) is 9.47 Å². The minimum atomic E-state index is -0.674. The molecule has 0 amide bonds. The van der Waals surface area contributed by atoms with Crippen LogP contribution in [-0.2, 0) is 26.0 Å². The number of hydrogen-bond donors (Lipinski definition) is 0. The second-order valence-corrected chi connectivity index (χ2v) is 12.1. The molecule has 0 radical (unpaired) electrons. The van der Waals surface area contributed by atoms with Gasteiger partial charge in [-0.2, -0.15) is 0 Å². The molecule has 0 aromatic heterocycles. The van der Waals surface area contributed by atoms with Crippen LogP contribution in [0.25, 0.3) is 10.8 Å². The molecule has 1 fully saturated rings. The summed E-state index contributed by atoms with van der Waals surface area (Å²) in [6.45, 7) is -0.352. The maximum Gasteiger partial charge on any atom is 0.345 e. The molecule has 1 aliphatic carbocycles. The van der Waals surface area contributed by atoms with Crippen molar-refractivity contribution in [1.82, 2.24) is 0 Å². The highest BCUT2D eigenvalue weighted by Gasteiger charge is 2.40. The number of rotatable bonds is 8. The Hall–Kier alpha value is -4.09. The lowest BCUT2D eigenvalue weighted by atomic mass is 9.90. The number of carbonyl (C=O) groups excluding carboxylic acids is 1. The fourth-order valence-corrected chi connectivity index (χ4v) is 7.60. The van der Waals surface area contributed by atoms with Gasteiger partial charge in [-0.25, -0.2) is 9.18 Å². The number of fused-ring (bicyclic) bond motifs is 1. The molecule has 0 bridgehead atoms. The molecule has 40 heavy (non-hydrogen) atoms. The first-order valence-electron chi connectivity index (χ1n) is 13.6. The molecule has 0 N–H and O–H groups in total. The Balaban J connectivity index is 1.18. The Kier molecular flexibility index (Phi) is 7.56. The zero-order valence-corrected chi connectivity index (χ0v) is 22.9. The first kappa shape index (κ1) is 26.1. The number of halogens is 1. The van der Waals surface area contributed by atoms with Crippen molar-refractivity contribution in [3.8, 4) is 5.75 Å². The quantitative estimate of drug-likeness (QED) is 0.144. The molecule has 1 aliphatic rings. The van der Waals surface area contributed by atoms with Crippen LogP contribution >= 0.6 is 0 Å². The molecule has 0 heterocycles. The maximum absolute atomic E-state index is 15.3. The molecular weight excluding hydrogens is 519 g/mol. The number of benzene rings is 5. The lowest BCUT2D eigenvalue weighted by Gasteiger charge is -2.30. The molecule has 6 rings (SSSR count). The minimum Gasteiger partial charge on any atom is -0.479 e. The van der Waals surface area contributed by atoms with Gasteiger partial charge in [0.1, 0.15) is 5.60 Å². The normalized spacial score (nSPS) is 14.3. The van der Waals surface area contributed by atoms with Crippen molar-refractivity contribution in [3.05, 3.63) is 133 Å². The molecule has 1 saturated carbocycles. The summed E-state index contributed by atoms with van der Waals surface area (Å²) in [5.74, 6) is -0.955. The average molecular weight is 550 g/mol. The van der Waals surface area contributed by atoms with E-state index in [9.17, 15) is 4.79 Å². The van der Waals surface area contributed by atoms with E-state index in [0.29, 0.717) is 0 Å². The van der Waals surface area contributed by atoms with E-state index in [1.54, 1.807) is 6.07 Å². The van der Waals surface area contributed by atoms with E-state index in [1.165, 1.54) is 6.07 Å². The molecule has 200 valence electrons. The Morgan fingerprint density at radius 3 is 1.98 bits per heavy atom. The Morgan fingerprint density at radius 2 is 1.32 bits per heavy atom. The van der Waals surface area contributed by atoms with Crippen LogP contribution < -0.4 is 4.74 Å². The van der Waals surface area contributed by atoms with Crippen LogP contribution in [0.5, 0.6) is 5.75 Å². The summed E-state index contributed by atoms with van der Waals surface area (Å²) in [4.78, 5) is 16.0. The molecule has 5 heteroatoms. The number of esters is 1. The Bertz CT molecular complexity index is 1570. The van der Waals surface area contributed by atoms with Crippen LogP contribution in [0.1, 0.15) is 31.2 Å². The first-order valence-corrected chi connectivity index (χ1v) is 14.8. The highest BCUT2D eigenvalue weighted by atomic mass is 32.2. The summed E-state index contributed by atoms with van der Waals surface area (Å²) in [5.41, 5.74) is 0.327. The van der Waals surface area contributed by atoms with Crippen molar-refractivity contribution in [2.75, 3.05) is 6.61 Å². The van der Waals surface area contributed by atoms with Crippen molar-refractivity contribution >= 4 is 27.6 Å². The molecule has 0 aliphatic heterocycles. The molecule has 0 atom stereocenters. The predicted molar refractivity (Wildman–Crippen MR) is 157 cm³/mol. The van der Waals surface area contributed by atoms with Gasteiger partial charge in [0, 0.05) is 6.07 Å². The summed E-state index contributed by atoms with van der Waals surface area (Å²) in [7, 11) is -0.474. The van der Waals surface area contributed by atoms with Crippen molar-refractivity contribution in [1.29, 1.82) is 0 Å². The van der Waals surface area contributed by atoms with Gasteiger partial charge < -0.3 is 9.47 Å². The van der Waals surface area contributed by atoms with Crippen LogP contribution in [0.15, 0.2) is 136 Å². The Morgan fingerprint density at radius 1 is 0.700 bits per heavy atom. The lowest BCUT2D eigenvalue weighted by Crippen LogP contribution is -2.31. The van der Waals surface area contributed by atoms with E-state index < -0.39 is 28.3 Å². The standard InChI is InChI=1S/C35H30FO3S/c36-32-24-31(40(29-13-3-1-4-14-29)30-15-5-2-6-16-30)19-20-33(32)38-25-34(37)39-35(21-9-10-22-35)28-18-17-26-11-7-8-12-27(26)23-28/h1-8,11-20,23-24H,9-10,21-22,25H2/q+1. The third-order valence-corrected chi connectivity index (χ3v) is 9.65. The van der Waals surface area contributed by atoms with Gasteiger partial charge in [0.05, 0.1) is 10.9 Å². The van der Waals surface area contributed by atoms with Crippen molar-refractivity contribution in [2.45, 2.75) is 46.0 Å². The molecule has 5 aromatic carbocycles. The van der Waals surface area contributed by atoms with Crippen LogP contribution in [0, 0.1) is 5.82 Å². The van der Waals surface area contributed by atoms with Gasteiger partial charge in [-0.15, -0.1) is 0 Å². The zero-order chi connectivity index (χ0) is 27.4. The highest BCUT2D eigenvalue weighted by molar-refractivity contribution is 7.97. The van der Waals surface area contributed by atoms with Gasteiger partial charge in [-0.05, 0) is 84.5 Å². The number of carbonyl (C=O) groups is 1. The summed E-state index contributed by atoms with van der Waals surface area (Å²) in [6, 6.07) is 39.6. The zero-order valence-electron chi connectivity index (χ0n) is 22.1. The third kappa shape index (κ3) is 5.47. The van der Waals surface area contributed by atoms with Gasteiger partial charge in [0.25, 0.3) is 0 Å². The fraction of sp³-hybridized carbons (Fsp3) is 0.171. The SMILES string of the molecule is O=C(COc1ccc([S+](c2ccccc2)c2ccccc2)cc1F)OC1(c2ccc3ccccc3c2)CCCC1. The van der Waals surface area contributed by atoms with Crippen molar-refractivity contribution in [3.63, 3.8) is 0 Å². The first-order chi connectivity index (χ1) is 19.6. The van der Waals surface area contributed by atoms with E-state index in [0.717, 1.165) is 56.7 Å². The predicted octanol–water partition coefficient (Wildman–Crippen LogP) is 8.47. The van der Waals surface area contributed by atoms with Gasteiger partial charge in [-0.3, -0.25) is 0 Å². The van der Waals surface area contributed by atoms with Crippen LogP contribution in [-0.4, -0.2) is 12.6 Å². The molecule has 5 aromatic rings. The number of hydrogen-bond acceptors (Lipinski definition) is 3. The second kappa shape index (κ2) is 11.6. The van der Waals surface area contributed by atoms with E-state index in [2.05, 4.69) is 54.6 Å². The van der Waals surface area contributed by atoms with Gasteiger partial charge in [-0.1, -0.05) is 72.8 Å². The smallest absolute Gasteiger partial charge is 0.345 e. The topological polar surface area (TPSA) is 35.5 Å². The van der Waals surface area contributed by atoms with Crippen LogP contribution in [0.3, 0.4) is 0 Å². The van der Waals surface area contributed by atoms with E-state index in [1.807, 2.05) is 54.6 Å². The van der Waals surface area contributed by atoms with Gasteiger partial charge in [0.15, 0.2) is 32.9 Å². The minimum absolute atomic E-state index is 0.0385. The second-order valence-electron chi connectivity index (χ2n) is 10.1. The summed E-state index contributed by atoms with van der Waals surface area (Å²) in [5, 5.41) is 2.26. The van der Waals surface area contributed by atoms with Gasteiger partial charge in [0.2, 0.25) is 0 Å². The van der Waals surface area contributed by atoms with Crippen molar-refractivity contribution < 1.29 is 18.7 Å². The third-order valence-electron chi connectivity index (χ3n) is 7.44. The Labute approximate surface area is 236 Å². The highest BCUT2D eigenvalue weighted by Crippen LogP contribution is 2.43. The molecule has 0 unspecified atom stereocenters. The summed E-state index contributed by atoms with van der Waals surface area (Å²) >= 11 is 0. The monoisotopic (exact) mass is 549 g/mol. The summed E-state index contributed by atoms with van der Waals surface area (Å²) < 4.78 is 27.1. The number of ether oxygens (including phenoxy) is 2. The maximum atomic E-state index is 15.3. The molecule has 3 nitrogen and oxygen atoms in total. The summed E-state index contributed by atoms with van der Waals surface area (Å²) in [6.07, 6.45) is 3.51. The molecule has 0 spiro atoms. The molecular formula is C35H30FO3S+. The van der Waals surface area contributed by atoms with Crippen LogP contribution in [0.4, 0.5) is 4.39 Å².